The van der Waals surface area contributed by atoms with Crippen LogP contribution in [0.25, 0.3) is 11.1 Å². The van der Waals surface area contributed by atoms with Crippen LogP contribution in [-0.2, 0) is 9.53 Å². The fourth-order valence-corrected chi connectivity index (χ4v) is 4.73. The van der Waals surface area contributed by atoms with Gasteiger partial charge in [0.05, 0.1) is 0 Å². The summed E-state index contributed by atoms with van der Waals surface area (Å²) in [5, 5.41) is 5.75. The monoisotopic (exact) mass is 404 g/mol. The summed E-state index contributed by atoms with van der Waals surface area (Å²) in [6, 6.07) is 16.5. The Morgan fingerprint density at radius 1 is 1.00 bits per heavy atom. The minimum atomic E-state index is -0.899. The Morgan fingerprint density at radius 2 is 1.60 bits per heavy atom. The Morgan fingerprint density at radius 3 is 2.20 bits per heavy atom. The molecule has 0 saturated heterocycles. The van der Waals surface area contributed by atoms with Crippen LogP contribution < -0.4 is 10.6 Å². The van der Waals surface area contributed by atoms with E-state index in [0.717, 1.165) is 19.3 Å². The average Bonchev–Trinajstić information content (AvgIpc) is 3.10. The lowest BCUT2D eigenvalue weighted by atomic mass is 9.81. The average molecular weight is 405 g/mol. The fourth-order valence-electron chi connectivity index (χ4n) is 4.73. The molecule has 1 fully saturated rings. The maximum Gasteiger partial charge on any atom is 0.408 e. The summed E-state index contributed by atoms with van der Waals surface area (Å²) in [4.78, 5) is 25.5. The smallest absolute Gasteiger partial charge is 0.408 e. The number of nitrogens with one attached hydrogen (secondary N) is 2. The molecule has 4 rings (SSSR count). The number of carbonyl (C=O) groups is 2. The van der Waals surface area contributed by atoms with E-state index in [4.69, 9.17) is 4.74 Å². The number of amides is 2. The van der Waals surface area contributed by atoms with E-state index >= 15 is 0 Å². The predicted octanol–water partition coefficient (Wildman–Crippen LogP) is 4.53. The lowest BCUT2D eigenvalue weighted by Crippen LogP contribution is -2.59. The molecule has 0 unspecified atom stereocenters. The van der Waals surface area contributed by atoms with E-state index in [1.807, 2.05) is 24.3 Å². The summed E-state index contributed by atoms with van der Waals surface area (Å²) < 4.78 is 5.67. The summed E-state index contributed by atoms with van der Waals surface area (Å²) in [5.74, 6) is -0.157. The van der Waals surface area contributed by atoms with Crippen molar-refractivity contribution in [1.29, 1.82) is 0 Å². The van der Waals surface area contributed by atoms with Crippen molar-refractivity contribution in [3.05, 3.63) is 72.3 Å². The Kier molecular flexibility index (Phi) is 5.88. The maximum absolute atomic E-state index is 12.8. The van der Waals surface area contributed by atoms with E-state index in [1.54, 1.807) is 6.08 Å². The van der Waals surface area contributed by atoms with Crippen molar-refractivity contribution >= 4 is 12.0 Å². The molecule has 2 aromatic rings. The molecule has 0 aliphatic heterocycles. The minimum absolute atomic E-state index is 0.0000446. The zero-order valence-corrected chi connectivity index (χ0v) is 17.2. The van der Waals surface area contributed by atoms with Gasteiger partial charge in [-0.05, 0) is 35.1 Å². The molecule has 5 heteroatoms. The van der Waals surface area contributed by atoms with Crippen molar-refractivity contribution in [2.24, 2.45) is 0 Å². The summed E-state index contributed by atoms with van der Waals surface area (Å²) in [5.41, 5.74) is 3.82. The Bertz CT molecular complexity index is 901. The largest absolute Gasteiger partial charge is 0.449 e. The van der Waals surface area contributed by atoms with Crippen LogP contribution in [0, 0.1) is 0 Å². The molecule has 2 aliphatic carbocycles. The molecule has 0 aromatic heterocycles. The van der Waals surface area contributed by atoms with E-state index in [2.05, 4.69) is 41.5 Å². The number of fused-ring (bicyclic) bond motifs is 3. The van der Waals surface area contributed by atoms with Crippen LogP contribution in [0.15, 0.2) is 61.2 Å². The molecule has 30 heavy (non-hydrogen) atoms. The summed E-state index contributed by atoms with van der Waals surface area (Å²) >= 11 is 0. The van der Waals surface area contributed by atoms with Crippen LogP contribution in [-0.4, -0.2) is 30.7 Å². The van der Waals surface area contributed by atoms with Crippen LogP contribution in [0.2, 0.25) is 0 Å². The molecule has 0 radical (unpaired) electrons. The lowest BCUT2D eigenvalue weighted by Gasteiger charge is -2.36. The van der Waals surface area contributed by atoms with Crippen LogP contribution in [0.4, 0.5) is 4.79 Å². The van der Waals surface area contributed by atoms with Gasteiger partial charge in [0.2, 0.25) is 5.91 Å². The topological polar surface area (TPSA) is 67.4 Å². The highest BCUT2D eigenvalue weighted by molar-refractivity contribution is 5.90. The normalized spacial score (nSPS) is 16.8. The molecule has 2 N–H and O–H groups in total. The predicted molar refractivity (Wildman–Crippen MR) is 117 cm³/mol. The second-order valence-electron chi connectivity index (χ2n) is 8.09. The van der Waals surface area contributed by atoms with Crippen LogP contribution in [0.1, 0.15) is 49.1 Å². The third-order valence-corrected chi connectivity index (χ3v) is 6.23. The van der Waals surface area contributed by atoms with Crippen LogP contribution in [0.5, 0.6) is 0 Å². The van der Waals surface area contributed by atoms with E-state index in [9.17, 15) is 9.59 Å². The van der Waals surface area contributed by atoms with Gasteiger partial charge in [-0.1, -0.05) is 73.9 Å². The van der Waals surface area contributed by atoms with Crippen LogP contribution >= 0.6 is 0 Å². The van der Waals surface area contributed by atoms with Crippen molar-refractivity contribution in [1.82, 2.24) is 10.6 Å². The van der Waals surface area contributed by atoms with Gasteiger partial charge in [-0.3, -0.25) is 4.79 Å². The van der Waals surface area contributed by atoms with E-state index in [0.29, 0.717) is 19.4 Å². The first kappa shape index (κ1) is 20.2. The van der Waals surface area contributed by atoms with E-state index in [-0.39, 0.29) is 18.4 Å². The van der Waals surface area contributed by atoms with Gasteiger partial charge in [0.15, 0.2) is 0 Å². The van der Waals surface area contributed by atoms with E-state index < -0.39 is 11.6 Å². The first-order valence-corrected chi connectivity index (χ1v) is 10.7. The Labute approximate surface area is 177 Å². The van der Waals surface area contributed by atoms with Crippen molar-refractivity contribution in [2.75, 3.05) is 13.2 Å². The van der Waals surface area contributed by atoms with E-state index in [1.165, 1.54) is 22.3 Å². The van der Waals surface area contributed by atoms with Crippen molar-refractivity contribution in [2.45, 2.75) is 43.6 Å². The standard InChI is InChI=1S/C25H28N2O3/c1-2-16-26-23(28)25(14-8-3-9-15-25)27-24(29)30-17-22-20-12-6-4-10-18(20)19-11-5-7-13-21(19)22/h2,4-7,10-13,22H,1,3,8-9,14-17H2,(H,26,28)(H,27,29). The zero-order chi connectivity index (χ0) is 21.0. The second kappa shape index (κ2) is 8.74. The SMILES string of the molecule is C=CCNC(=O)C1(NC(=O)OCC2c3ccccc3-c3ccccc32)CCCCC1. The summed E-state index contributed by atoms with van der Waals surface area (Å²) in [6.07, 6.45) is 5.24. The van der Waals surface area contributed by atoms with Gasteiger partial charge in [0.25, 0.3) is 0 Å². The van der Waals surface area contributed by atoms with Crippen molar-refractivity contribution in [3.63, 3.8) is 0 Å². The van der Waals surface area contributed by atoms with Crippen molar-refractivity contribution < 1.29 is 14.3 Å². The molecule has 1 saturated carbocycles. The molecule has 0 atom stereocenters. The third-order valence-electron chi connectivity index (χ3n) is 6.23. The first-order valence-electron chi connectivity index (χ1n) is 10.7. The highest BCUT2D eigenvalue weighted by atomic mass is 16.5. The highest BCUT2D eigenvalue weighted by Crippen LogP contribution is 2.44. The first-order chi connectivity index (χ1) is 14.6. The van der Waals surface area contributed by atoms with Crippen molar-refractivity contribution in [3.8, 4) is 11.1 Å². The quantitative estimate of drug-likeness (QED) is 0.695. The Hall–Kier alpha value is -3.08. The molecule has 0 spiro atoms. The number of rotatable bonds is 6. The number of alkyl carbamates (subject to hydrolysis) is 1. The number of carbonyl (C=O) groups excluding carboxylic acids is 2. The van der Waals surface area contributed by atoms with Gasteiger partial charge in [0, 0.05) is 12.5 Å². The summed E-state index contributed by atoms with van der Waals surface area (Å²) in [7, 11) is 0. The molecule has 5 nitrogen and oxygen atoms in total. The highest BCUT2D eigenvalue weighted by Gasteiger charge is 2.41. The van der Waals surface area contributed by atoms with Gasteiger partial charge in [-0.2, -0.15) is 0 Å². The van der Waals surface area contributed by atoms with Gasteiger partial charge < -0.3 is 15.4 Å². The molecular weight excluding hydrogens is 376 g/mol. The number of benzene rings is 2. The van der Waals surface area contributed by atoms with Crippen LogP contribution in [0.3, 0.4) is 0 Å². The minimum Gasteiger partial charge on any atom is -0.449 e. The van der Waals surface area contributed by atoms with Gasteiger partial charge in [-0.15, -0.1) is 6.58 Å². The zero-order valence-electron chi connectivity index (χ0n) is 17.2. The molecule has 2 aromatic carbocycles. The molecule has 0 bridgehead atoms. The maximum atomic E-state index is 12.8. The lowest BCUT2D eigenvalue weighted by molar-refractivity contribution is -0.128. The Balaban J connectivity index is 1.46. The number of hydrogen-bond acceptors (Lipinski definition) is 3. The molecule has 2 aliphatic rings. The number of hydrogen-bond donors (Lipinski definition) is 2. The third kappa shape index (κ3) is 3.84. The van der Waals surface area contributed by atoms with Gasteiger partial charge >= 0.3 is 6.09 Å². The fraction of sp³-hybridized carbons (Fsp3) is 0.360. The molecule has 0 heterocycles. The second-order valence-corrected chi connectivity index (χ2v) is 8.09. The molecular formula is C25H28N2O3. The molecule has 156 valence electrons. The molecule has 2 amide bonds. The summed E-state index contributed by atoms with van der Waals surface area (Å²) in [6.45, 7) is 4.27. The van der Waals surface area contributed by atoms with Gasteiger partial charge in [0.1, 0.15) is 12.1 Å². The number of ether oxygens (including phenoxy) is 1. The van der Waals surface area contributed by atoms with Gasteiger partial charge in [-0.25, -0.2) is 4.79 Å².